The molecule has 0 aliphatic heterocycles. The molecule has 1 rings (SSSR count). The zero-order valence-electron chi connectivity index (χ0n) is 10.9. The van der Waals surface area contributed by atoms with E-state index < -0.39 is 32.2 Å². The molecule has 1 atom stereocenters. The molecule has 19 heavy (non-hydrogen) atoms. The second-order valence-corrected chi connectivity index (χ2v) is 6.17. The van der Waals surface area contributed by atoms with Crippen LogP contribution in [0.25, 0.3) is 0 Å². The molecule has 0 saturated heterocycles. The average Bonchev–Trinajstić information content (AvgIpc) is 2.32. The van der Waals surface area contributed by atoms with Crippen molar-refractivity contribution >= 4 is 15.7 Å². The Labute approximate surface area is 111 Å². The molecule has 108 valence electrons. The Bertz CT molecular complexity index is 561. The smallest absolute Gasteiger partial charge is 0.243 e. The van der Waals surface area contributed by atoms with Crippen LogP contribution in [0.3, 0.4) is 0 Å². The van der Waals surface area contributed by atoms with E-state index in [4.69, 9.17) is 5.73 Å². The number of anilines is 1. The van der Waals surface area contributed by atoms with Crippen molar-refractivity contribution in [1.82, 2.24) is 9.62 Å². The van der Waals surface area contributed by atoms with Gasteiger partial charge in [0.15, 0.2) is 5.82 Å². The summed E-state index contributed by atoms with van der Waals surface area (Å²) >= 11 is 0. The lowest BCUT2D eigenvalue weighted by Crippen LogP contribution is -2.38. The minimum Gasteiger partial charge on any atom is -0.394 e. The summed E-state index contributed by atoms with van der Waals surface area (Å²) in [6, 6.07) is 1.60. The van der Waals surface area contributed by atoms with E-state index in [-0.39, 0.29) is 12.6 Å². The number of halogens is 2. The number of likely N-dealkylation sites (N-methyl/N-ethyl adjacent to an activating group) is 1. The predicted molar refractivity (Wildman–Crippen MR) is 69.1 cm³/mol. The van der Waals surface area contributed by atoms with Crippen LogP contribution in [0.5, 0.6) is 0 Å². The van der Waals surface area contributed by atoms with Crippen LogP contribution in [0, 0.1) is 11.6 Å². The van der Waals surface area contributed by atoms with E-state index in [2.05, 4.69) is 4.72 Å². The molecule has 0 fully saturated rings. The van der Waals surface area contributed by atoms with E-state index in [1.807, 2.05) is 0 Å². The Morgan fingerprint density at radius 1 is 1.37 bits per heavy atom. The van der Waals surface area contributed by atoms with Crippen molar-refractivity contribution < 1.29 is 17.2 Å². The molecule has 1 unspecified atom stereocenters. The zero-order valence-corrected chi connectivity index (χ0v) is 11.8. The molecular weight excluding hydrogens is 276 g/mol. The molecule has 0 amide bonds. The van der Waals surface area contributed by atoms with Crippen molar-refractivity contribution in [2.45, 2.75) is 17.9 Å². The van der Waals surface area contributed by atoms with Crippen molar-refractivity contribution in [1.29, 1.82) is 0 Å². The molecule has 0 aliphatic carbocycles. The number of hydrogen-bond donors (Lipinski definition) is 2. The fraction of sp³-hybridized carbons (Fsp3) is 0.455. The summed E-state index contributed by atoms with van der Waals surface area (Å²) in [6.45, 7) is 1.91. The van der Waals surface area contributed by atoms with Crippen LogP contribution in [0.1, 0.15) is 6.92 Å². The number of benzene rings is 1. The van der Waals surface area contributed by atoms with Gasteiger partial charge < -0.3 is 10.6 Å². The molecule has 0 saturated carbocycles. The first-order valence-corrected chi connectivity index (χ1v) is 7.04. The third-order valence-electron chi connectivity index (χ3n) is 2.83. The highest BCUT2D eigenvalue weighted by Crippen LogP contribution is 2.22. The van der Waals surface area contributed by atoms with Gasteiger partial charge in [0, 0.05) is 12.6 Å². The van der Waals surface area contributed by atoms with Crippen LogP contribution >= 0.6 is 0 Å². The summed E-state index contributed by atoms with van der Waals surface area (Å²) in [5.41, 5.74) is 4.33. The molecule has 1 aromatic carbocycles. The van der Waals surface area contributed by atoms with Crippen LogP contribution in [0.2, 0.25) is 0 Å². The van der Waals surface area contributed by atoms with Gasteiger partial charge in [-0.25, -0.2) is 21.9 Å². The summed E-state index contributed by atoms with van der Waals surface area (Å²) in [5, 5.41) is 0. The first-order chi connectivity index (χ1) is 8.66. The van der Waals surface area contributed by atoms with E-state index in [9.17, 15) is 17.2 Å². The van der Waals surface area contributed by atoms with Gasteiger partial charge in [0.2, 0.25) is 10.0 Å². The molecule has 0 radical (unpaired) electrons. The fourth-order valence-electron chi connectivity index (χ4n) is 1.25. The molecule has 0 aliphatic rings. The van der Waals surface area contributed by atoms with Gasteiger partial charge in [-0.1, -0.05) is 0 Å². The van der Waals surface area contributed by atoms with Crippen LogP contribution in [0.15, 0.2) is 17.0 Å². The lowest BCUT2D eigenvalue weighted by molar-refractivity contribution is 0.313. The largest absolute Gasteiger partial charge is 0.394 e. The first-order valence-electron chi connectivity index (χ1n) is 5.56. The maximum atomic E-state index is 13.6. The summed E-state index contributed by atoms with van der Waals surface area (Å²) in [7, 11) is -0.483. The van der Waals surface area contributed by atoms with Gasteiger partial charge in [0.1, 0.15) is 16.4 Å². The van der Waals surface area contributed by atoms with E-state index >= 15 is 0 Å². The van der Waals surface area contributed by atoms with Gasteiger partial charge in [-0.3, -0.25) is 0 Å². The van der Waals surface area contributed by atoms with Crippen molar-refractivity contribution in [3.63, 3.8) is 0 Å². The van der Waals surface area contributed by atoms with Crippen molar-refractivity contribution in [2.24, 2.45) is 0 Å². The van der Waals surface area contributed by atoms with Gasteiger partial charge in [-0.15, -0.1) is 0 Å². The monoisotopic (exact) mass is 293 g/mol. The fourth-order valence-corrected chi connectivity index (χ4v) is 2.46. The third kappa shape index (κ3) is 3.62. The molecule has 1 aromatic rings. The molecule has 0 bridgehead atoms. The molecule has 8 heteroatoms. The van der Waals surface area contributed by atoms with Gasteiger partial charge in [-0.05, 0) is 33.2 Å². The number of sulfonamides is 1. The van der Waals surface area contributed by atoms with Gasteiger partial charge >= 0.3 is 0 Å². The molecule has 5 nitrogen and oxygen atoms in total. The first kappa shape index (κ1) is 15.8. The molecule has 3 N–H and O–H groups in total. The van der Waals surface area contributed by atoms with Gasteiger partial charge in [0.05, 0.1) is 0 Å². The van der Waals surface area contributed by atoms with Crippen LogP contribution < -0.4 is 10.5 Å². The number of hydrogen-bond acceptors (Lipinski definition) is 4. The summed E-state index contributed by atoms with van der Waals surface area (Å²) < 4.78 is 52.7. The minimum atomic E-state index is -4.06. The van der Waals surface area contributed by atoms with Crippen molar-refractivity contribution in [3.8, 4) is 0 Å². The van der Waals surface area contributed by atoms with Crippen LogP contribution in [-0.2, 0) is 10.0 Å². The second kappa shape index (κ2) is 5.81. The van der Waals surface area contributed by atoms with Crippen molar-refractivity contribution in [2.75, 3.05) is 26.4 Å². The Morgan fingerprint density at radius 2 is 1.95 bits per heavy atom. The minimum absolute atomic E-state index is 0.0735. The average molecular weight is 293 g/mol. The summed E-state index contributed by atoms with van der Waals surface area (Å²) in [5.74, 6) is -2.26. The second-order valence-electron chi connectivity index (χ2n) is 4.44. The SMILES string of the molecule is CC(CNS(=O)(=O)c1ccc(F)c(N)c1F)N(C)C. The highest BCUT2D eigenvalue weighted by atomic mass is 32.2. The van der Waals surface area contributed by atoms with Gasteiger partial charge in [0.25, 0.3) is 0 Å². The number of rotatable bonds is 5. The highest BCUT2D eigenvalue weighted by Gasteiger charge is 2.23. The lowest BCUT2D eigenvalue weighted by atomic mass is 10.3. The van der Waals surface area contributed by atoms with Gasteiger partial charge in [-0.2, -0.15) is 0 Å². The van der Waals surface area contributed by atoms with Crippen LogP contribution in [0.4, 0.5) is 14.5 Å². The van der Waals surface area contributed by atoms with E-state index in [1.165, 1.54) is 0 Å². The molecular formula is C11H17F2N3O2S. The normalized spacial score (nSPS) is 13.8. The molecule has 0 aromatic heterocycles. The number of nitrogens with two attached hydrogens (primary N) is 1. The van der Waals surface area contributed by atoms with Crippen molar-refractivity contribution in [3.05, 3.63) is 23.8 Å². The Balaban J connectivity index is 2.99. The number of nitrogen functional groups attached to an aromatic ring is 1. The maximum Gasteiger partial charge on any atom is 0.243 e. The summed E-state index contributed by atoms with van der Waals surface area (Å²) in [4.78, 5) is 1.15. The van der Waals surface area contributed by atoms with E-state index in [0.29, 0.717) is 0 Å². The maximum absolute atomic E-state index is 13.6. The standard InChI is InChI=1S/C11H17F2N3O2S/c1-7(16(2)3)6-15-19(17,18)9-5-4-8(12)11(14)10(9)13/h4-5,7,15H,6,14H2,1-3H3. The number of nitrogens with zero attached hydrogens (tertiary/aromatic N) is 1. The quantitative estimate of drug-likeness (QED) is 0.787. The predicted octanol–water partition coefficient (Wildman–Crippen LogP) is 0.775. The Kier molecular flexibility index (Phi) is 4.83. The topological polar surface area (TPSA) is 75.4 Å². The van der Waals surface area contributed by atoms with E-state index in [1.54, 1.807) is 25.9 Å². The van der Waals surface area contributed by atoms with E-state index in [0.717, 1.165) is 12.1 Å². The Hall–Kier alpha value is -1.25. The number of nitrogens with one attached hydrogen (secondary N) is 1. The zero-order chi connectivity index (χ0) is 14.8. The highest BCUT2D eigenvalue weighted by molar-refractivity contribution is 7.89. The molecule has 0 spiro atoms. The third-order valence-corrected chi connectivity index (χ3v) is 4.27. The molecule has 0 heterocycles. The van der Waals surface area contributed by atoms with Crippen LogP contribution in [-0.4, -0.2) is 40.0 Å². The Morgan fingerprint density at radius 3 is 2.47 bits per heavy atom. The lowest BCUT2D eigenvalue weighted by Gasteiger charge is -2.20. The summed E-state index contributed by atoms with van der Waals surface area (Å²) in [6.07, 6.45) is 0.